The fourth-order valence-electron chi connectivity index (χ4n) is 3.57. The summed E-state index contributed by atoms with van der Waals surface area (Å²) in [7, 11) is -3.78. The van der Waals surface area contributed by atoms with E-state index in [1.807, 2.05) is 42.5 Å². The lowest BCUT2D eigenvalue weighted by Crippen LogP contribution is -2.16. The molecule has 0 saturated heterocycles. The van der Waals surface area contributed by atoms with Gasteiger partial charge in [0.1, 0.15) is 0 Å². The van der Waals surface area contributed by atoms with Crippen LogP contribution in [0.1, 0.15) is 11.3 Å². The van der Waals surface area contributed by atoms with Crippen LogP contribution in [0.15, 0.2) is 102 Å². The minimum absolute atomic E-state index is 0.182. The third-order valence-corrected chi connectivity index (χ3v) is 6.47. The van der Waals surface area contributed by atoms with Crippen LogP contribution < -0.4 is 4.72 Å². The third-order valence-electron chi connectivity index (χ3n) is 5.11. The van der Waals surface area contributed by atoms with Gasteiger partial charge in [-0.2, -0.15) is 0 Å². The largest absolute Gasteiger partial charge is 0.263 e. The number of hydrogen-bond donors (Lipinski definition) is 1. The first-order valence-electron chi connectivity index (χ1n) is 9.90. The van der Waals surface area contributed by atoms with Gasteiger partial charge in [0.05, 0.1) is 21.6 Å². The highest BCUT2D eigenvalue weighted by atomic mass is 32.2. The van der Waals surface area contributed by atoms with E-state index >= 15 is 0 Å². The number of nitrogens with one attached hydrogen (secondary N) is 1. The van der Waals surface area contributed by atoms with Crippen molar-refractivity contribution in [2.45, 2.75) is 11.3 Å². The average Bonchev–Trinajstić information content (AvgIpc) is 2.80. The van der Waals surface area contributed by atoms with Gasteiger partial charge in [0.2, 0.25) is 0 Å². The van der Waals surface area contributed by atoms with E-state index in [2.05, 4.69) is 34.0 Å². The minimum atomic E-state index is -3.78. The first kappa shape index (κ1) is 19.2. The maximum Gasteiger partial charge on any atom is 0.263 e. The highest BCUT2D eigenvalue weighted by Gasteiger charge is 2.18. The fourth-order valence-corrected chi connectivity index (χ4v) is 4.62. The van der Waals surface area contributed by atoms with E-state index in [-0.39, 0.29) is 10.7 Å². The Morgan fingerprint density at radius 1 is 0.677 bits per heavy atom. The molecule has 0 radical (unpaired) electrons. The van der Waals surface area contributed by atoms with Crippen LogP contribution in [0.2, 0.25) is 0 Å². The zero-order valence-electron chi connectivity index (χ0n) is 16.6. The molecule has 0 saturated carbocycles. The van der Waals surface area contributed by atoms with Gasteiger partial charge in [-0.1, -0.05) is 72.8 Å². The molecule has 0 fully saturated rings. The zero-order valence-corrected chi connectivity index (χ0v) is 17.4. The topological polar surface area (TPSA) is 72.0 Å². The van der Waals surface area contributed by atoms with Crippen LogP contribution in [0.4, 0.5) is 5.82 Å². The van der Waals surface area contributed by atoms with Crippen LogP contribution >= 0.6 is 0 Å². The lowest BCUT2D eigenvalue weighted by atomic mass is 10.0. The molecule has 0 atom stereocenters. The predicted molar refractivity (Wildman–Crippen MR) is 124 cm³/mol. The number of para-hydroxylation sites is 2. The minimum Gasteiger partial charge on any atom is -0.262 e. The number of anilines is 1. The van der Waals surface area contributed by atoms with E-state index in [1.54, 1.807) is 30.3 Å². The summed E-state index contributed by atoms with van der Waals surface area (Å²) in [5.74, 6) is 0.246. The molecule has 5 rings (SSSR count). The smallest absolute Gasteiger partial charge is 0.262 e. The van der Waals surface area contributed by atoms with E-state index in [0.717, 1.165) is 21.9 Å². The Labute approximate surface area is 180 Å². The van der Waals surface area contributed by atoms with Gasteiger partial charge in [0.15, 0.2) is 5.82 Å². The second kappa shape index (κ2) is 7.81. The number of fused-ring (bicyclic) bond motifs is 2. The Morgan fingerprint density at radius 3 is 2.10 bits per heavy atom. The van der Waals surface area contributed by atoms with Crippen LogP contribution in [0.3, 0.4) is 0 Å². The van der Waals surface area contributed by atoms with Crippen molar-refractivity contribution in [3.05, 3.63) is 108 Å². The number of nitrogens with zero attached hydrogens (tertiary/aromatic N) is 2. The van der Waals surface area contributed by atoms with Gasteiger partial charge in [-0.05, 0) is 40.6 Å². The van der Waals surface area contributed by atoms with Crippen molar-refractivity contribution >= 4 is 37.6 Å². The van der Waals surface area contributed by atoms with Crippen molar-refractivity contribution < 1.29 is 8.42 Å². The van der Waals surface area contributed by atoms with Gasteiger partial charge in [0.25, 0.3) is 10.0 Å². The van der Waals surface area contributed by atoms with Gasteiger partial charge < -0.3 is 0 Å². The molecule has 0 amide bonds. The Hall–Kier alpha value is -3.77. The monoisotopic (exact) mass is 425 g/mol. The Bertz CT molecular complexity index is 1500. The summed E-state index contributed by atoms with van der Waals surface area (Å²) in [4.78, 5) is 9.51. The van der Waals surface area contributed by atoms with Crippen molar-refractivity contribution in [3.8, 4) is 0 Å². The highest BCUT2D eigenvalue weighted by molar-refractivity contribution is 7.92. The van der Waals surface area contributed by atoms with Crippen molar-refractivity contribution in [3.63, 3.8) is 0 Å². The van der Waals surface area contributed by atoms with E-state index in [1.165, 1.54) is 0 Å². The third kappa shape index (κ3) is 3.98. The Kier molecular flexibility index (Phi) is 4.84. The summed E-state index contributed by atoms with van der Waals surface area (Å²) in [6.45, 7) is 0. The molecule has 0 aliphatic carbocycles. The Morgan fingerprint density at radius 2 is 1.32 bits per heavy atom. The standard InChI is InChI=1S/C25H19N3O2S/c29-31(30,21-10-2-1-3-11-21)28-25-24(26-22-12-6-7-13-23(22)27-25)17-18-14-15-19-8-4-5-9-20(19)16-18/h1-16H,17H2,(H,27,28). The summed E-state index contributed by atoms with van der Waals surface area (Å²) in [5, 5.41) is 2.28. The predicted octanol–water partition coefficient (Wildman–Crippen LogP) is 5.17. The molecule has 6 heteroatoms. The number of sulfonamides is 1. The molecule has 5 nitrogen and oxygen atoms in total. The number of aromatic nitrogens is 2. The van der Waals surface area contributed by atoms with Crippen LogP contribution in [-0.4, -0.2) is 18.4 Å². The van der Waals surface area contributed by atoms with Crippen LogP contribution in [-0.2, 0) is 16.4 Å². The molecule has 5 aromatic rings. The molecule has 31 heavy (non-hydrogen) atoms. The second-order valence-electron chi connectivity index (χ2n) is 7.28. The molecule has 0 unspecified atom stereocenters. The van der Waals surface area contributed by atoms with Gasteiger partial charge in [0, 0.05) is 6.42 Å². The molecule has 0 spiro atoms. The Balaban J connectivity index is 1.59. The number of benzene rings is 4. The summed E-state index contributed by atoms with van der Waals surface area (Å²) in [6.07, 6.45) is 0.454. The molecule has 0 aliphatic heterocycles. The summed E-state index contributed by atoms with van der Waals surface area (Å²) in [5.41, 5.74) is 2.97. The second-order valence-corrected chi connectivity index (χ2v) is 8.97. The van der Waals surface area contributed by atoms with E-state index in [4.69, 9.17) is 4.98 Å². The molecule has 0 aliphatic rings. The van der Waals surface area contributed by atoms with E-state index in [9.17, 15) is 8.42 Å². The van der Waals surface area contributed by atoms with E-state index < -0.39 is 10.0 Å². The van der Waals surface area contributed by atoms with Gasteiger partial charge in [-0.3, -0.25) is 4.72 Å². The first-order chi connectivity index (χ1) is 15.1. The molecule has 1 N–H and O–H groups in total. The normalized spacial score (nSPS) is 11.6. The van der Waals surface area contributed by atoms with Gasteiger partial charge in [-0.15, -0.1) is 0 Å². The highest BCUT2D eigenvalue weighted by Crippen LogP contribution is 2.24. The molecule has 0 bridgehead atoms. The van der Waals surface area contributed by atoms with E-state index in [0.29, 0.717) is 17.6 Å². The molecule has 1 aromatic heterocycles. The lowest BCUT2D eigenvalue weighted by molar-refractivity contribution is 0.601. The van der Waals surface area contributed by atoms with Crippen LogP contribution in [0.25, 0.3) is 21.8 Å². The zero-order chi connectivity index (χ0) is 21.3. The molecule has 4 aromatic carbocycles. The summed E-state index contributed by atoms with van der Waals surface area (Å²) in [6, 6.07) is 30.0. The molecular weight excluding hydrogens is 406 g/mol. The summed E-state index contributed by atoms with van der Waals surface area (Å²) < 4.78 is 28.5. The van der Waals surface area contributed by atoms with Crippen LogP contribution in [0, 0.1) is 0 Å². The quantitative estimate of drug-likeness (QED) is 0.421. The molecule has 152 valence electrons. The SMILES string of the molecule is O=S(=O)(Nc1nc2ccccc2nc1Cc1ccc2ccccc2c1)c1ccccc1. The van der Waals surface area contributed by atoms with Gasteiger partial charge in [-0.25, -0.2) is 18.4 Å². The molecular formula is C25H19N3O2S. The van der Waals surface area contributed by atoms with Crippen molar-refractivity contribution in [1.29, 1.82) is 0 Å². The van der Waals surface area contributed by atoms with Crippen molar-refractivity contribution in [1.82, 2.24) is 9.97 Å². The fraction of sp³-hybridized carbons (Fsp3) is 0.0400. The maximum absolute atomic E-state index is 12.9. The lowest BCUT2D eigenvalue weighted by Gasteiger charge is -2.13. The first-order valence-corrected chi connectivity index (χ1v) is 11.4. The molecule has 1 heterocycles. The maximum atomic E-state index is 12.9. The van der Waals surface area contributed by atoms with Crippen molar-refractivity contribution in [2.75, 3.05) is 4.72 Å². The average molecular weight is 426 g/mol. The number of hydrogen-bond acceptors (Lipinski definition) is 4. The number of rotatable bonds is 5. The van der Waals surface area contributed by atoms with Gasteiger partial charge >= 0.3 is 0 Å². The van der Waals surface area contributed by atoms with Crippen molar-refractivity contribution in [2.24, 2.45) is 0 Å². The van der Waals surface area contributed by atoms with Crippen LogP contribution in [0.5, 0.6) is 0 Å². The summed E-state index contributed by atoms with van der Waals surface area (Å²) >= 11 is 0.